The standard InChI is InChI=1S/C15H16FNO5S2/c16-12-4-6-13(7-5-12)21-8-2-9-22-14(18)11-17-24(19,20)15-3-1-10-23-15/h1,3-7,10,17H,2,8-9,11H2. The van der Waals surface area contributed by atoms with Crippen LogP contribution in [0, 0.1) is 5.82 Å². The lowest BCUT2D eigenvalue weighted by molar-refractivity contribution is -0.142. The summed E-state index contributed by atoms with van der Waals surface area (Å²) in [5, 5.41) is 1.63. The molecule has 1 aromatic heterocycles. The second kappa shape index (κ2) is 8.76. The first-order chi connectivity index (χ1) is 11.5. The Balaban J connectivity index is 1.61. The van der Waals surface area contributed by atoms with Crippen LogP contribution in [0.2, 0.25) is 0 Å². The molecule has 0 unspecified atom stereocenters. The van der Waals surface area contributed by atoms with Crippen LogP contribution in [-0.4, -0.2) is 34.1 Å². The molecule has 1 heterocycles. The fourth-order valence-corrected chi connectivity index (χ4v) is 3.66. The van der Waals surface area contributed by atoms with Gasteiger partial charge in [0, 0.05) is 6.42 Å². The Hall–Kier alpha value is -1.97. The van der Waals surface area contributed by atoms with E-state index in [0.29, 0.717) is 18.8 Å². The van der Waals surface area contributed by atoms with Crippen LogP contribution in [0.5, 0.6) is 5.75 Å². The van der Waals surface area contributed by atoms with E-state index in [0.717, 1.165) is 11.3 Å². The fourth-order valence-electron chi connectivity index (χ4n) is 1.66. The zero-order valence-electron chi connectivity index (χ0n) is 12.6. The summed E-state index contributed by atoms with van der Waals surface area (Å²) in [5.74, 6) is -0.496. The van der Waals surface area contributed by atoms with Gasteiger partial charge in [-0.2, -0.15) is 4.72 Å². The third-order valence-corrected chi connectivity index (χ3v) is 5.60. The molecule has 0 saturated carbocycles. The van der Waals surface area contributed by atoms with E-state index in [2.05, 4.69) is 4.72 Å². The van der Waals surface area contributed by atoms with Crippen LogP contribution < -0.4 is 9.46 Å². The number of hydrogen-bond donors (Lipinski definition) is 1. The largest absolute Gasteiger partial charge is 0.493 e. The molecule has 2 aromatic rings. The van der Waals surface area contributed by atoms with Gasteiger partial charge < -0.3 is 9.47 Å². The molecule has 0 aliphatic carbocycles. The zero-order valence-corrected chi connectivity index (χ0v) is 14.2. The molecule has 2 rings (SSSR count). The first-order valence-corrected chi connectivity index (χ1v) is 9.41. The second-order valence-corrected chi connectivity index (χ2v) is 7.57. The van der Waals surface area contributed by atoms with E-state index in [1.165, 1.54) is 30.3 Å². The SMILES string of the molecule is O=C(CNS(=O)(=O)c1cccs1)OCCCOc1ccc(F)cc1. The van der Waals surface area contributed by atoms with E-state index in [4.69, 9.17) is 9.47 Å². The molecule has 0 spiro atoms. The molecular weight excluding hydrogens is 357 g/mol. The Kier molecular flexibility index (Phi) is 6.71. The van der Waals surface area contributed by atoms with Crippen LogP contribution in [0.1, 0.15) is 6.42 Å². The Bertz CT molecular complexity index is 745. The predicted octanol–water partition coefficient (Wildman–Crippen LogP) is 2.18. The van der Waals surface area contributed by atoms with E-state index in [1.54, 1.807) is 11.4 Å². The number of sulfonamides is 1. The number of carbonyl (C=O) groups is 1. The van der Waals surface area contributed by atoms with Gasteiger partial charge in [0.05, 0.1) is 13.2 Å². The Morgan fingerprint density at radius 3 is 2.58 bits per heavy atom. The molecule has 130 valence electrons. The Morgan fingerprint density at radius 2 is 1.92 bits per heavy atom. The van der Waals surface area contributed by atoms with Gasteiger partial charge in [0.1, 0.15) is 22.3 Å². The number of ether oxygens (including phenoxy) is 2. The molecule has 0 fully saturated rings. The molecule has 6 nitrogen and oxygen atoms in total. The van der Waals surface area contributed by atoms with Crippen LogP contribution in [0.4, 0.5) is 4.39 Å². The number of nitrogens with one attached hydrogen (secondary N) is 1. The number of carbonyl (C=O) groups excluding carboxylic acids is 1. The number of halogens is 1. The summed E-state index contributed by atoms with van der Waals surface area (Å²) in [6, 6.07) is 8.63. The minimum atomic E-state index is -3.67. The van der Waals surface area contributed by atoms with E-state index in [-0.39, 0.29) is 16.6 Å². The summed E-state index contributed by atoms with van der Waals surface area (Å²) in [6.07, 6.45) is 0.431. The van der Waals surface area contributed by atoms with Crippen LogP contribution in [0.25, 0.3) is 0 Å². The molecule has 0 amide bonds. The maximum atomic E-state index is 12.7. The first kappa shape index (κ1) is 18.4. The van der Waals surface area contributed by atoms with Crippen LogP contribution in [-0.2, 0) is 19.6 Å². The molecule has 1 N–H and O–H groups in total. The molecule has 9 heteroatoms. The van der Waals surface area contributed by atoms with Gasteiger partial charge in [0.2, 0.25) is 0 Å². The summed E-state index contributed by atoms with van der Waals surface area (Å²) < 4.78 is 48.9. The second-order valence-electron chi connectivity index (χ2n) is 4.63. The highest BCUT2D eigenvalue weighted by atomic mass is 32.2. The molecule has 24 heavy (non-hydrogen) atoms. The van der Waals surface area contributed by atoms with Gasteiger partial charge in [-0.15, -0.1) is 11.3 Å². The number of benzene rings is 1. The van der Waals surface area contributed by atoms with Crippen molar-refractivity contribution in [1.29, 1.82) is 0 Å². The summed E-state index contributed by atoms with van der Waals surface area (Å²) >= 11 is 1.06. The highest BCUT2D eigenvalue weighted by Gasteiger charge is 2.16. The maximum absolute atomic E-state index is 12.7. The highest BCUT2D eigenvalue weighted by molar-refractivity contribution is 7.91. The quantitative estimate of drug-likeness (QED) is 0.538. The summed E-state index contributed by atoms with van der Waals surface area (Å²) in [5.41, 5.74) is 0. The van der Waals surface area contributed by atoms with Gasteiger partial charge >= 0.3 is 5.97 Å². The van der Waals surface area contributed by atoms with E-state index >= 15 is 0 Å². The van der Waals surface area contributed by atoms with Crippen molar-refractivity contribution in [3.63, 3.8) is 0 Å². The summed E-state index contributed by atoms with van der Waals surface area (Å²) in [6.45, 7) is -0.0420. The van der Waals surface area contributed by atoms with Gasteiger partial charge in [0.25, 0.3) is 10.0 Å². The van der Waals surface area contributed by atoms with E-state index in [1.807, 2.05) is 0 Å². The van der Waals surface area contributed by atoms with Crippen LogP contribution >= 0.6 is 11.3 Å². The topological polar surface area (TPSA) is 81.7 Å². The van der Waals surface area contributed by atoms with Crippen LogP contribution in [0.15, 0.2) is 46.0 Å². The van der Waals surface area contributed by atoms with Crippen molar-refractivity contribution >= 4 is 27.3 Å². The molecule has 0 atom stereocenters. The summed E-state index contributed by atoms with van der Waals surface area (Å²) in [7, 11) is -3.67. The normalized spacial score (nSPS) is 11.2. The first-order valence-electron chi connectivity index (χ1n) is 7.04. The lowest BCUT2D eigenvalue weighted by Gasteiger charge is -2.08. The van der Waals surface area contributed by atoms with Crippen molar-refractivity contribution in [3.8, 4) is 5.75 Å². The zero-order chi connectivity index (χ0) is 17.4. The van der Waals surface area contributed by atoms with Gasteiger partial charge in [0.15, 0.2) is 0 Å². The third kappa shape index (κ3) is 5.91. The summed E-state index contributed by atoms with van der Waals surface area (Å²) in [4.78, 5) is 11.5. The molecule has 0 saturated heterocycles. The van der Waals surface area contributed by atoms with Crippen LogP contribution in [0.3, 0.4) is 0 Å². The number of rotatable bonds is 9. The van der Waals surface area contributed by atoms with E-state index < -0.39 is 22.5 Å². The fraction of sp³-hybridized carbons (Fsp3) is 0.267. The molecule has 0 aliphatic rings. The minimum absolute atomic E-state index is 0.0980. The van der Waals surface area contributed by atoms with Gasteiger partial charge in [-0.1, -0.05) is 6.07 Å². The number of esters is 1. The van der Waals surface area contributed by atoms with E-state index in [9.17, 15) is 17.6 Å². The smallest absolute Gasteiger partial charge is 0.321 e. The molecule has 0 bridgehead atoms. The van der Waals surface area contributed by atoms with Crippen molar-refractivity contribution in [2.24, 2.45) is 0 Å². The Labute approximate surface area is 143 Å². The predicted molar refractivity (Wildman–Crippen MR) is 87.0 cm³/mol. The van der Waals surface area contributed by atoms with Gasteiger partial charge in [-0.25, -0.2) is 12.8 Å². The average Bonchev–Trinajstić information content (AvgIpc) is 3.10. The number of hydrogen-bond acceptors (Lipinski definition) is 6. The maximum Gasteiger partial charge on any atom is 0.321 e. The van der Waals surface area contributed by atoms with Crippen molar-refractivity contribution in [2.45, 2.75) is 10.6 Å². The van der Waals surface area contributed by atoms with Crippen molar-refractivity contribution < 1.29 is 27.1 Å². The monoisotopic (exact) mass is 373 g/mol. The highest BCUT2D eigenvalue weighted by Crippen LogP contribution is 2.15. The molecule has 1 aromatic carbocycles. The molecule has 0 radical (unpaired) electrons. The van der Waals surface area contributed by atoms with Gasteiger partial charge in [-0.3, -0.25) is 4.79 Å². The third-order valence-electron chi connectivity index (χ3n) is 2.80. The lowest BCUT2D eigenvalue weighted by atomic mass is 10.3. The average molecular weight is 373 g/mol. The van der Waals surface area contributed by atoms with Gasteiger partial charge in [-0.05, 0) is 35.7 Å². The lowest BCUT2D eigenvalue weighted by Crippen LogP contribution is -2.30. The molecular formula is C15H16FNO5S2. The molecule has 0 aliphatic heterocycles. The Morgan fingerprint density at radius 1 is 1.17 bits per heavy atom. The van der Waals surface area contributed by atoms with Crippen molar-refractivity contribution in [3.05, 3.63) is 47.6 Å². The minimum Gasteiger partial charge on any atom is -0.493 e. The van der Waals surface area contributed by atoms with Crippen molar-refractivity contribution in [1.82, 2.24) is 4.72 Å². The number of thiophene rings is 1. The van der Waals surface area contributed by atoms with Crippen molar-refractivity contribution in [2.75, 3.05) is 19.8 Å².